The van der Waals surface area contributed by atoms with E-state index in [9.17, 15) is 9.59 Å². The summed E-state index contributed by atoms with van der Waals surface area (Å²) >= 11 is 6.07. The van der Waals surface area contributed by atoms with Crippen molar-refractivity contribution < 1.29 is 14.3 Å². The van der Waals surface area contributed by atoms with E-state index in [1.165, 1.54) is 0 Å². The van der Waals surface area contributed by atoms with Crippen LogP contribution < -0.4 is 15.0 Å². The molecule has 0 radical (unpaired) electrons. The monoisotopic (exact) mass is 500 g/mol. The molecular formula is C30H29ClN2O3. The van der Waals surface area contributed by atoms with E-state index in [-0.39, 0.29) is 23.5 Å². The number of hydrogen-bond acceptors (Lipinski definition) is 4. The molecule has 0 saturated carbocycles. The maximum atomic E-state index is 14.1. The summed E-state index contributed by atoms with van der Waals surface area (Å²) in [6.45, 7) is 4.22. The lowest BCUT2D eigenvalue weighted by molar-refractivity contribution is -0.119. The van der Waals surface area contributed by atoms with Crippen LogP contribution in [0, 0.1) is 5.41 Å². The summed E-state index contributed by atoms with van der Waals surface area (Å²) in [7, 11) is 1.62. The molecule has 36 heavy (non-hydrogen) atoms. The van der Waals surface area contributed by atoms with E-state index in [0.29, 0.717) is 23.4 Å². The van der Waals surface area contributed by atoms with Crippen LogP contribution in [0.1, 0.15) is 43.9 Å². The summed E-state index contributed by atoms with van der Waals surface area (Å²) in [5.41, 5.74) is 4.64. The van der Waals surface area contributed by atoms with Crippen molar-refractivity contribution in [3.05, 3.63) is 100 Å². The molecule has 1 unspecified atom stereocenters. The highest BCUT2D eigenvalue weighted by Crippen LogP contribution is 2.48. The first-order valence-electron chi connectivity index (χ1n) is 12.1. The highest BCUT2D eigenvalue weighted by Gasteiger charge is 2.43. The predicted molar refractivity (Wildman–Crippen MR) is 143 cm³/mol. The van der Waals surface area contributed by atoms with Crippen molar-refractivity contribution in [3.8, 4) is 5.75 Å². The van der Waals surface area contributed by atoms with Gasteiger partial charge in [0, 0.05) is 22.7 Å². The minimum Gasteiger partial charge on any atom is -0.497 e. The smallest absolute Gasteiger partial charge is 0.232 e. The van der Waals surface area contributed by atoms with Crippen molar-refractivity contribution in [1.29, 1.82) is 0 Å². The number of nitrogens with one attached hydrogen (secondary N) is 1. The number of ether oxygens (including phenoxy) is 1. The van der Waals surface area contributed by atoms with Crippen molar-refractivity contribution in [1.82, 2.24) is 0 Å². The molecule has 1 N–H and O–H groups in total. The van der Waals surface area contributed by atoms with Crippen LogP contribution in [0.25, 0.3) is 0 Å². The standard InChI is InChI=1S/C30H29ClN2O3/c1-30(2)17-24-28(26(34)18-30)29(20-10-14-22(36-3)15-11-20)33(25-7-5-4-6-23(25)32-24)27(35)16-19-8-12-21(31)13-9-19/h4-15,29,32H,16-18H2,1-3H3. The number of para-hydroxylation sites is 2. The van der Waals surface area contributed by atoms with Gasteiger partial charge in [-0.1, -0.05) is 61.8 Å². The van der Waals surface area contributed by atoms with Crippen molar-refractivity contribution in [2.24, 2.45) is 5.41 Å². The van der Waals surface area contributed by atoms with E-state index >= 15 is 0 Å². The van der Waals surface area contributed by atoms with Gasteiger partial charge in [0.25, 0.3) is 0 Å². The average Bonchev–Trinajstić information content (AvgIpc) is 2.99. The fourth-order valence-electron chi connectivity index (χ4n) is 5.23. The van der Waals surface area contributed by atoms with Crippen LogP contribution in [0.15, 0.2) is 84.1 Å². The quantitative estimate of drug-likeness (QED) is 0.431. The second-order valence-corrected chi connectivity index (χ2v) is 10.7. The van der Waals surface area contributed by atoms with Crippen molar-refractivity contribution in [2.75, 3.05) is 17.3 Å². The van der Waals surface area contributed by atoms with Gasteiger partial charge in [0.15, 0.2) is 5.78 Å². The van der Waals surface area contributed by atoms with Gasteiger partial charge in [-0.05, 0) is 59.4 Å². The Labute approximate surface area is 216 Å². The van der Waals surface area contributed by atoms with E-state index in [0.717, 1.165) is 33.9 Å². The second kappa shape index (κ2) is 9.47. The number of nitrogens with zero attached hydrogens (tertiary/aromatic N) is 1. The number of Topliss-reactive ketones (excluding diaryl/α,β-unsaturated/α-hetero) is 1. The first-order chi connectivity index (χ1) is 17.3. The fraction of sp³-hybridized carbons (Fsp3) is 0.267. The second-order valence-electron chi connectivity index (χ2n) is 10.2. The summed E-state index contributed by atoms with van der Waals surface area (Å²) < 4.78 is 5.37. The van der Waals surface area contributed by atoms with Crippen LogP contribution in [0.3, 0.4) is 0 Å². The number of carbonyl (C=O) groups is 2. The molecule has 0 bridgehead atoms. The third kappa shape index (κ3) is 4.63. The maximum absolute atomic E-state index is 14.1. The van der Waals surface area contributed by atoms with Gasteiger partial charge in [0.2, 0.25) is 5.91 Å². The first kappa shape index (κ1) is 24.1. The molecule has 3 aromatic rings. The lowest BCUT2D eigenvalue weighted by atomic mass is 9.73. The summed E-state index contributed by atoms with van der Waals surface area (Å²) in [4.78, 5) is 29.6. The van der Waals surface area contributed by atoms with Crippen molar-refractivity contribution >= 4 is 34.7 Å². The number of allylic oxidation sites excluding steroid dienone is 1. The van der Waals surface area contributed by atoms with E-state index in [1.807, 2.05) is 60.7 Å². The molecule has 1 heterocycles. The van der Waals surface area contributed by atoms with Crippen LogP contribution >= 0.6 is 11.6 Å². The number of amides is 1. The highest BCUT2D eigenvalue weighted by atomic mass is 35.5. The van der Waals surface area contributed by atoms with E-state index in [1.54, 1.807) is 24.1 Å². The topological polar surface area (TPSA) is 58.6 Å². The lowest BCUT2D eigenvalue weighted by Crippen LogP contribution is -2.40. The van der Waals surface area contributed by atoms with Crippen LogP contribution in [-0.2, 0) is 16.0 Å². The molecule has 184 valence electrons. The minimum absolute atomic E-state index is 0.0617. The number of carbonyl (C=O) groups excluding carboxylic acids is 2. The van der Waals surface area contributed by atoms with Gasteiger partial charge < -0.3 is 10.1 Å². The number of hydrogen-bond donors (Lipinski definition) is 1. The maximum Gasteiger partial charge on any atom is 0.232 e. The Morgan fingerprint density at radius 3 is 2.42 bits per heavy atom. The molecule has 0 saturated heterocycles. The van der Waals surface area contributed by atoms with Gasteiger partial charge in [0.05, 0.1) is 30.9 Å². The number of fused-ring (bicyclic) bond motifs is 1. The first-order valence-corrected chi connectivity index (χ1v) is 12.5. The molecule has 1 aliphatic carbocycles. The Hall–Kier alpha value is -3.57. The molecule has 1 amide bonds. The van der Waals surface area contributed by atoms with E-state index in [2.05, 4.69) is 19.2 Å². The van der Waals surface area contributed by atoms with Crippen LogP contribution in [0.2, 0.25) is 5.02 Å². The van der Waals surface area contributed by atoms with Gasteiger partial charge >= 0.3 is 0 Å². The predicted octanol–water partition coefficient (Wildman–Crippen LogP) is 6.73. The molecule has 2 aliphatic rings. The molecule has 5 nitrogen and oxygen atoms in total. The fourth-order valence-corrected chi connectivity index (χ4v) is 5.35. The molecule has 3 aromatic carbocycles. The third-order valence-electron chi connectivity index (χ3n) is 6.87. The summed E-state index contributed by atoms with van der Waals surface area (Å²) in [6, 6.07) is 22.1. The van der Waals surface area contributed by atoms with E-state index < -0.39 is 6.04 Å². The molecule has 0 fully saturated rings. The molecule has 1 atom stereocenters. The Morgan fingerprint density at radius 1 is 1.03 bits per heavy atom. The summed E-state index contributed by atoms with van der Waals surface area (Å²) in [6.07, 6.45) is 1.32. The molecule has 6 heteroatoms. The Morgan fingerprint density at radius 2 is 1.72 bits per heavy atom. The zero-order valence-corrected chi connectivity index (χ0v) is 21.4. The average molecular weight is 501 g/mol. The summed E-state index contributed by atoms with van der Waals surface area (Å²) in [5, 5.41) is 4.17. The van der Waals surface area contributed by atoms with Gasteiger partial charge in [-0.15, -0.1) is 0 Å². The minimum atomic E-state index is -0.564. The largest absolute Gasteiger partial charge is 0.497 e. The van der Waals surface area contributed by atoms with Gasteiger partial charge in [-0.3, -0.25) is 14.5 Å². The number of anilines is 2. The number of halogens is 1. The zero-order valence-electron chi connectivity index (χ0n) is 20.7. The zero-order chi connectivity index (χ0) is 25.4. The Bertz CT molecular complexity index is 1340. The normalized spacial score (nSPS) is 18.6. The van der Waals surface area contributed by atoms with Gasteiger partial charge in [0.1, 0.15) is 5.75 Å². The number of benzene rings is 3. The van der Waals surface area contributed by atoms with Crippen molar-refractivity contribution in [2.45, 2.75) is 39.2 Å². The molecule has 0 aromatic heterocycles. The van der Waals surface area contributed by atoms with E-state index in [4.69, 9.17) is 16.3 Å². The molecular weight excluding hydrogens is 472 g/mol. The van der Waals surface area contributed by atoms with Gasteiger partial charge in [-0.2, -0.15) is 0 Å². The summed E-state index contributed by atoms with van der Waals surface area (Å²) in [5.74, 6) is 0.681. The van der Waals surface area contributed by atoms with Crippen LogP contribution in [0.5, 0.6) is 5.75 Å². The van der Waals surface area contributed by atoms with Crippen LogP contribution in [-0.4, -0.2) is 18.8 Å². The SMILES string of the molecule is COc1ccc(C2C3=C(CC(C)(C)CC3=O)Nc3ccccc3N2C(=O)Cc2ccc(Cl)cc2)cc1. The number of rotatable bonds is 4. The molecule has 0 spiro atoms. The number of methoxy groups -OCH3 is 1. The van der Waals surface area contributed by atoms with Crippen molar-refractivity contribution in [3.63, 3.8) is 0 Å². The Kier molecular flexibility index (Phi) is 6.35. The highest BCUT2D eigenvalue weighted by molar-refractivity contribution is 6.30. The lowest BCUT2D eigenvalue weighted by Gasteiger charge is -2.37. The molecule has 5 rings (SSSR count). The number of ketones is 1. The Balaban J connectivity index is 1.70. The molecule has 1 aliphatic heterocycles. The third-order valence-corrected chi connectivity index (χ3v) is 7.12. The van der Waals surface area contributed by atoms with Gasteiger partial charge in [-0.25, -0.2) is 0 Å². The van der Waals surface area contributed by atoms with Crippen LogP contribution in [0.4, 0.5) is 11.4 Å².